The molecule has 0 spiro atoms. The normalized spacial score (nSPS) is 26.0. The Morgan fingerprint density at radius 3 is 2.65 bits per heavy atom. The maximum atomic E-state index is 12.7. The van der Waals surface area contributed by atoms with Crippen LogP contribution >= 0.6 is 0 Å². The van der Waals surface area contributed by atoms with Crippen LogP contribution in [0.2, 0.25) is 0 Å². The van der Waals surface area contributed by atoms with Crippen molar-refractivity contribution in [3.05, 3.63) is 24.3 Å². The monoisotopic (exact) mass is 353 g/mol. The van der Waals surface area contributed by atoms with Crippen molar-refractivity contribution in [2.24, 2.45) is 23.7 Å². The van der Waals surface area contributed by atoms with Crippen molar-refractivity contribution in [3.8, 4) is 23.3 Å². The lowest BCUT2D eigenvalue weighted by Crippen LogP contribution is -2.26. The first-order valence-electron chi connectivity index (χ1n) is 9.88. The molecule has 0 bridgehead atoms. The molecule has 1 aromatic carbocycles. The van der Waals surface area contributed by atoms with Crippen LogP contribution in [-0.2, 0) is 4.79 Å². The lowest BCUT2D eigenvalue weighted by molar-refractivity contribution is -0.140. The Balaban J connectivity index is 1.36. The van der Waals surface area contributed by atoms with E-state index in [9.17, 15) is 9.90 Å². The van der Waals surface area contributed by atoms with E-state index in [0.717, 1.165) is 31.2 Å². The first kappa shape index (κ1) is 17.4. The van der Waals surface area contributed by atoms with Crippen molar-refractivity contribution >= 4 is 5.97 Å². The van der Waals surface area contributed by atoms with E-state index in [1.54, 1.807) is 18.2 Å². The molecule has 138 valence electrons. The summed E-state index contributed by atoms with van der Waals surface area (Å²) in [5, 5.41) is 9.86. The number of esters is 1. The first-order chi connectivity index (χ1) is 12.7. The van der Waals surface area contributed by atoms with E-state index in [2.05, 4.69) is 16.7 Å². The van der Waals surface area contributed by atoms with Gasteiger partial charge in [0.2, 0.25) is 0 Å². The second-order valence-electron chi connectivity index (χ2n) is 8.05. The minimum absolute atomic E-state index is 0.00436. The second kappa shape index (κ2) is 7.72. The van der Waals surface area contributed by atoms with Gasteiger partial charge in [-0.15, -0.1) is 5.92 Å². The number of rotatable bonds is 5. The third-order valence-electron chi connectivity index (χ3n) is 6.15. The van der Waals surface area contributed by atoms with Crippen LogP contribution in [0.25, 0.3) is 0 Å². The fraction of sp³-hybridized carbons (Fsp3) is 0.591. The zero-order valence-corrected chi connectivity index (χ0v) is 15.2. The molecule has 2 aliphatic carbocycles. The molecule has 4 nitrogen and oxygen atoms in total. The highest BCUT2D eigenvalue weighted by Crippen LogP contribution is 2.44. The molecule has 0 amide bonds. The summed E-state index contributed by atoms with van der Waals surface area (Å²) in [6, 6.07) is 6.64. The van der Waals surface area contributed by atoms with E-state index in [1.165, 1.54) is 38.4 Å². The van der Waals surface area contributed by atoms with Crippen molar-refractivity contribution in [1.82, 2.24) is 4.90 Å². The largest absolute Gasteiger partial charge is 0.504 e. The van der Waals surface area contributed by atoms with Gasteiger partial charge < -0.3 is 9.84 Å². The zero-order valence-electron chi connectivity index (χ0n) is 15.2. The van der Waals surface area contributed by atoms with Crippen LogP contribution in [0, 0.1) is 35.5 Å². The molecule has 26 heavy (non-hydrogen) atoms. The molecule has 1 N–H and O–H groups in total. The van der Waals surface area contributed by atoms with E-state index in [-0.39, 0.29) is 23.4 Å². The van der Waals surface area contributed by atoms with Crippen LogP contribution in [0.5, 0.6) is 11.5 Å². The van der Waals surface area contributed by atoms with Crippen LogP contribution in [0.3, 0.4) is 0 Å². The molecule has 3 aliphatic rings. The number of hydrogen-bond donors (Lipinski definition) is 1. The number of nitrogens with zero attached hydrogens (tertiary/aromatic N) is 1. The molecular weight excluding hydrogens is 326 g/mol. The highest BCUT2D eigenvalue weighted by molar-refractivity contribution is 5.76. The molecule has 0 radical (unpaired) electrons. The van der Waals surface area contributed by atoms with Gasteiger partial charge in [-0.05, 0) is 49.1 Å². The number of carbonyl (C=O) groups is 1. The maximum absolute atomic E-state index is 12.7. The van der Waals surface area contributed by atoms with E-state index in [0.29, 0.717) is 12.3 Å². The number of fused-ring (bicyclic) bond motifs is 1. The van der Waals surface area contributed by atoms with Crippen molar-refractivity contribution in [2.75, 3.05) is 19.6 Å². The summed E-state index contributed by atoms with van der Waals surface area (Å²) in [5.41, 5.74) is 0. The number of benzene rings is 1. The third kappa shape index (κ3) is 4.04. The van der Waals surface area contributed by atoms with Crippen molar-refractivity contribution < 1.29 is 14.6 Å². The average Bonchev–Trinajstić information content (AvgIpc) is 3.02. The second-order valence-corrected chi connectivity index (χ2v) is 8.05. The Labute approximate surface area is 155 Å². The molecular formula is C22H27NO3. The van der Waals surface area contributed by atoms with Crippen LogP contribution in [0.4, 0.5) is 0 Å². The number of phenolic OH excluding ortho intramolecular Hbond substituents is 1. The summed E-state index contributed by atoms with van der Waals surface area (Å²) < 4.78 is 5.50. The van der Waals surface area contributed by atoms with Gasteiger partial charge in [0.1, 0.15) is 0 Å². The number of para-hydroxylation sites is 2. The molecule has 0 unspecified atom stereocenters. The molecule has 3 atom stereocenters. The maximum Gasteiger partial charge on any atom is 0.315 e. The Hall–Kier alpha value is -1.99. The number of hydrogen-bond acceptors (Lipinski definition) is 4. The summed E-state index contributed by atoms with van der Waals surface area (Å²) in [4.78, 5) is 15.2. The van der Waals surface area contributed by atoms with E-state index >= 15 is 0 Å². The van der Waals surface area contributed by atoms with Crippen molar-refractivity contribution in [2.45, 2.75) is 38.5 Å². The van der Waals surface area contributed by atoms with Crippen molar-refractivity contribution in [1.29, 1.82) is 0 Å². The highest BCUT2D eigenvalue weighted by Gasteiger charge is 2.44. The quantitative estimate of drug-likeness (QED) is 0.500. The van der Waals surface area contributed by atoms with Gasteiger partial charge in [0, 0.05) is 19.5 Å². The van der Waals surface area contributed by atoms with Gasteiger partial charge in [0.25, 0.3) is 0 Å². The molecule has 4 rings (SSSR count). The number of carbonyl (C=O) groups excluding carboxylic acids is 1. The fourth-order valence-corrected chi connectivity index (χ4v) is 4.50. The van der Waals surface area contributed by atoms with Crippen LogP contribution in [0.1, 0.15) is 38.5 Å². The fourth-order valence-electron chi connectivity index (χ4n) is 4.50. The summed E-state index contributed by atoms with van der Waals surface area (Å²) >= 11 is 0. The van der Waals surface area contributed by atoms with Gasteiger partial charge >= 0.3 is 5.97 Å². The molecule has 1 heterocycles. The Kier molecular flexibility index (Phi) is 5.17. The molecule has 1 saturated heterocycles. The Morgan fingerprint density at radius 2 is 1.92 bits per heavy atom. The predicted molar refractivity (Wildman–Crippen MR) is 99.6 cm³/mol. The smallest absolute Gasteiger partial charge is 0.315 e. The van der Waals surface area contributed by atoms with Gasteiger partial charge in [-0.1, -0.05) is 30.9 Å². The first-order valence-corrected chi connectivity index (χ1v) is 9.88. The van der Waals surface area contributed by atoms with Crippen LogP contribution in [0.15, 0.2) is 24.3 Å². The van der Waals surface area contributed by atoms with Gasteiger partial charge in [0.15, 0.2) is 11.5 Å². The van der Waals surface area contributed by atoms with Gasteiger partial charge in [-0.25, -0.2) is 0 Å². The minimum Gasteiger partial charge on any atom is -0.504 e. The van der Waals surface area contributed by atoms with E-state index in [4.69, 9.17) is 4.74 Å². The highest BCUT2D eigenvalue weighted by atomic mass is 16.5. The van der Waals surface area contributed by atoms with Crippen molar-refractivity contribution in [3.63, 3.8) is 0 Å². The van der Waals surface area contributed by atoms with E-state index < -0.39 is 0 Å². The van der Waals surface area contributed by atoms with Crippen LogP contribution < -0.4 is 4.74 Å². The third-order valence-corrected chi connectivity index (χ3v) is 6.15. The summed E-state index contributed by atoms with van der Waals surface area (Å²) in [6.45, 7) is 3.21. The molecule has 4 heteroatoms. The van der Waals surface area contributed by atoms with Gasteiger partial charge in [-0.2, -0.15) is 0 Å². The number of aromatic hydroxyl groups is 1. The number of piperidine rings is 1. The Bertz CT molecular complexity index is 704. The number of phenols is 1. The van der Waals surface area contributed by atoms with Gasteiger partial charge in [-0.3, -0.25) is 9.69 Å². The molecule has 3 fully saturated rings. The number of likely N-dealkylation sites (tertiary alicyclic amines) is 1. The zero-order chi connectivity index (χ0) is 17.9. The molecule has 1 aromatic rings. The summed E-state index contributed by atoms with van der Waals surface area (Å²) in [7, 11) is 0. The molecule has 1 aliphatic heterocycles. The lowest BCUT2D eigenvalue weighted by atomic mass is 9.88. The van der Waals surface area contributed by atoms with E-state index in [1.807, 2.05) is 0 Å². The minimum atomic E-state index is -0.255. The summed E-state index contributed by atoms with van der Waals surface area (Å²) in [6.07, 6.45) is 6.45. The standard InChI is InChI=1S/C22H27NO3/c24-20-10-3-4-11-21(20)26-22(25)19(16-7-1-2-8-16)9-5-6-12-23-14-17-13-18(17)15-23/h3-4,10-11,16-19,24H,1-2,7-9,12-15H2/t17-,18+,19-/m1/s1. The molecule has 2 saturated carbocycles. The molecule has 0 aromatic heterocycles. The summed E-state index contributed by atoms with van der Waals surface area (Å²) in [5.74, 6) is 8.51. The Morgan fingerprint density at radius 1 is 1.19 bits per heavy atom. The van der Waals surface area contributed by atoms with Crippen LogP contribution in [-0.4, -0.2) is 35.6 Å². The number of ether oxygens (including phenoxy) is 1. The lowest BCUT2D eigenvalue weighted by Gasteiger charge is -2.20. The van der Waals surface area contributed by atoms with Gasteiger partial charge in [0.05, 0.1) is 12.5 Å². The predicted octanol–water partition coefficient (Wildman–Crippen LogP) is 3.45. The topological polar surface area (TPSA) is 49.8 Å². The average molecular weight is 353 g/mol. The SMILES string of the molecule is O=C(Oc1ccccc1O)[C@H](CC#CCN1C[C@H]2C[C@H]2C1)C1CCCC1.